The van der Waals surface area contributed by atoms with E-state index in [4.69, 9.17) is 4.74 Å². The maximum absolute atomic E-state index is 12.7. The lowest BCUT2D eigenvalue weighted by molar-refractivity contribution is -0.132. The van der Waals surface area contributed by atoms with Crippen molar-refractivity contribution in [2.45, 2.75) is 51.6 Å². The third-order valence-corrected chi connectivity index (χ3v) is 6.63. The van der Waals surface area contributed by atoms with E-state index in [-0.39, 0.29) is 23.3 Å². The number of ether oxygens (including phenoxy) is 1. The van der Waals surface area contributed by atoms with Crippen LogP contribution >= 0.6 is 0 Å². The highest BCUT2D eigenvalue weighted by molar-refractivity contribution is 5.81. The van der Waals surface area contributed by atoms with Gasteiger partial charge in [0.15, 0.2) is 0 Å². The largest absolute Gasteiger partial charge is 0.376 e. The quantitative estimate of drug-likeness (QED) is 0.818. The fraction of sp³-hybridized carbons (Fsp3) is 0.636. The number of aryl methyl sites for hydroxylation is 1. The Morgan fingerprint density at radius 1 is 1.26 bits per heavy atom. The van der Waals surface area contributed by atoms with E-state index in [1.165, 1.54) is 5.56 Å². The Balaban J connectivity index is 1.31. The van der Waals surface area contributed by atoms with Crippen molar-refractivity contribution in [1.82, 2.24) is 9.80 Å². The first-order valence-electron chi connectivity index (χ1n) is 10.3. The molecule has 5 heteroatoms. The van der Waals surface area contributed by atoms with E-state index in [0.717, 1.165) is 64.0 Å². The van der Waals surface area contributed by atoms with Gasteiger partial charge in [0.05, 0.1) is 12.5 Å². The molecule has 4 rings (SSSR count). The summed E-state index contributed by atoms with van der Waals surface area (Å²) >= 11 is 0. The van der Waals surface area contributed by atoms with Crippen LogP contribution in [0, 0.1) is 12.3 Å². The van der Waals surface area contributed by atoms with Gasteiger partial charge in [-0.05, 0) is 43.7 Å². The lowest BCUT2D eigenvalue weighted by atomic mass is 9.77. The van der Waals surface area contributed by atoms with Crippen LogP contribution in [-0.4, -0.2) is 60.5 Å². The summed E-state index contributed by atoms with van der Waals surface area (Å²) in [4.78, 5) is 29.2. The molecule has 3 saturated heterocycles. The van der Waals surface area contributed by atoms with Crippen molar-refractivity contribution in [2.75, 3.05) is 32.8 Å². The van der Waals surface area contributed by atoms with Gasteiger partial charge in [0.1, 0.15) is 0 Å². The molecule has 1 aromatic rings. The predicted octanol–water partition coefficient (Wildman–Crippen LogP) is 2.56. The summed E-state index contributed by atoms with van der Waals surface area (Å²) in [7, 11) is 0. The molecule has 0 N–H and O–H groups in total. The molecule has 27 heavy (non-hydrogen) atoms. The predicted molar refractivity (Wildman–Crippen MR) is 103 cm³/mol. The summed E-state index contributed by atoms with van der Waals surface area (Å²) in [5.74, 6) is 0.477. The van der Waals surface area contributed by atoms with Crippen LogP contribution in [0.3, 0.4) is 0 Å². The molecule has 3 aliphatic heterocycles. The van der Waals surface area contributed by atoms with Crippen LogP contribution in [0.25, 0.3) is 0 Å². The smallest absolute Gasteiger partial charge is 0.226 e. The molecule has 146 valence electrons. The van der Waals surface area contributed by atoms with E-state index in [9.17, 15) is 9.59 Å². The number of nitrogens with zero attached hydrogens (tertiary/aromatic N) is 2. The van der Waals surface area contributed by atoms with Gasteiger partial charge in [-0.2, -0.15) is 0 Å². The number of amides is 2. The Bertz CT molecular complexity index is 703. The molecular weight excluding hydrogens is 340 g/mol. The second-order valence-corrected chi connectivity index (χ2v) is 8.57. The molecule has 0 bridgehead atoms. The molecule has 3 aliphatic rings. The van der Waals surface area contributed by atoms with Gasteiger partial charge < -0.3 is 14.5 Å². The Kier molecular flexibility index (Phi) is 5.22. The fourth-order valence-electron chi connectivity index (χ4n) is 4.83. The summed E-state index contributed by atoms with van der Waals surface area (Å²) in [5.41, 5.74) is 2.35. The number of benzene rings is 1. The second kappa shape index (κ2) is 7.63. The normalized spacial score (nSPS) is 24.8. The molecule has 5 nitrogen and oxygen atoms in total. The van der Waals surface area contributed by atoms with Crippen LogP contribution in [-0.2, 0) is 20.7 Å². The fourth-order valence-corrected chi connectivity index (χ4v) is 4.83. The molecule has 1 atom stereocenters. The Labute approximate surface area is 161 Å². The van der Waals surface area contributed by atoms with Crippen LogP contribution in [0.15, 0.2) is 24.3 Å². The highest BCUT2D eigenvalue weighted by Crippen LogP contribution is 2.41. The number of rotatable bonds is 4. The maximum Gasteiger partial charge on any atom is 0.226 e. The van der Waals surface area contributed by atoms with Crippen molar-refractivity contribution < 1.29 is 14.3 Å². The van der Waals surface area contributed by atoms with E-state index in [1.54, 1.807) is 0 Å². The minimum absolute atomic E-state index is 0.0646. The van der Waals surface area contributed by atoms with Gasteiger partial charge in [-0.25, -0.2) is 0 Å². The standard InChI is InChI=1S/C22H30N2O3/c1-17-5-2-3-6-18(17)13-20(25)23-10-8-22(9-11-23)14-21(26)24(16-22)15-19-7-4-12-27-19/h2-3,5-6,19H,4,7-16H2,1H3/t19-/m1/s1. The van der Waals surface area contributed by atoms with Gasteiger partial charge in [-0.3, -0.25) is 9.59 Å². The molecular formula is C22H30N2O3. The molecule has 3 fully saturated rings. The highest BCUT2D eigenvalue weighted by Gasteiger charge is 2.45. The maximum atomic E-state index is 12.7. The zero-order valence-electron chi connectivity index (χ0n) is 16.3. The summed E-state index contributed by atoms with van der Waals surface area (Å²) in [6.45, 7) is 6.01. The van der Waals surface area contributed by atoms with E-state index in [0.29, 0.717) is 12.8 Å². The first-order chi connectivity index (χ1) is 13.0. The van der Waals surface area contributed by atoms with Crippen LogP contribution < -0.4 is 0 Å². The molecule has 3 heterocycles. The Morgan fingerprint density at radius 3 is 2.74 bits per heavy atom. The van der Waals surface area contributed by atoms with Crippen LogP contribution in [0.4, 0.5) is 0 Å². The topological polar surface area (TPSA) is 49.9 Å². The summed E-state index contributed by atoms with van der Waals surface area (Å²) < 4.78 is 5.71. The molecule has 1 spiro atoms. The number of likely N-dealkylation sites (tertiary alicyclic amines) is 2. The highest BCUT2D eigenvalue weighted by atomic mass is 16.5. The van der Waals surface area contributed by atoms with Crippen molar-refractivity contribution >= 4 is 11.8 Å². The van der Waals surface area contributed by atoms with E-state index in [1.807, 2.05) is 28.0 Å². The molecule has 0 radical (unpaired) electrons. The van der Waals surface area contributed by atoms with Crippen LogP contribution in [0.1, 0.15) is 43.2 Å². The Morgan fingerprint density at radius 2 is 2.04 bits per heavy atom. The van der Waals surface area contributed by atoms with Gasteiger partial charge in [0.25, 0.3) is 0 Å². The monoisotopic (exact) mass is 370 g/mol. The van der Waals surface area contributed by atoms with Crippen LogP contribution in [0.2, 0.25) is 0 Å². The molecule has 0 saturated carbocycles. The number of carbonyl (C=O) groups is 2. The van der Waals surface area contributed by atoms with Gasteiger partial charge >= 0.3 is 0 Å². The number of hydrogen-bond donors (Lipinski definition) is 0. The van der Waals surface area contributed by atoms with Crippen molar-refractivity contribution in [3.8, 4) is 0 Å². The summed E-state index contributed by atoms with van der Waals surface area (Å²) in [6.07, 6.45) is 5.37. The number of hydrogen-bond acceptors (Lipinski definition) is 3. The average Bonchev–Trinajstić information content (AvgIpc) is 3.26. The second-order valence-electron chi connectivity index (χ2n) is 8.57. The van der Waals surface area contributed by atoms with Crippen molar-refractivity contribution in [3.05, 3.63) is 35.4 Å². The SMILES string of the molecule is Cc1ccccc1CC(=O)N1CCC2(CC1)CC(=O)N(C[C@H]1CCCO1)C2. The molecule has 2 amide bonds. The summed E-state index contributed by atoms with van der Waals surface area (Å²) in [6, 6.07) is 8.10. The zero-order chi connectivity index (χ0) is 18.9. The number of piperidine rings is 1. The third-order valence-electron chi connectivity index (χ3n) is 6.63. The van der Waals surface area contributed by atoms with Gasteiger partial charge in [0, 0.05) is 44.6 Å². The lowest BCUT2D eigenvalue weighted by Crippen LogP contribution is -2.45. The lowest BCUT2D eigenvalue weighted by Gasteiger charge is -2.39. The summed E-state index contributed by atoms with van der Waals surface area (Å²) in [5, 5.41) is 0. The zero-order valence-corrected chi connectivity index (χ0v) is 16.3. The van der Waals surface area contributed by atoms with Gasteiger partial charge in [-0.15, -0.1) is 0 Å². The molecule has 0 aliphatic carbocycles. The average molecular weight is 370 g/mol. The van der Waals surface area contributed by atoms with Crippen molar-refractivity contribution in [1.29, 1.82) is 0 Å². The van der Waals surface area contributed by atoms with Crippen LogP contribution in [0.5, 0.6) is 0 Å². The third kappa shape index (κ3) is 4.03. The van der Waals surface area contributed by atoms with Gasteiger partial charge in [-0.1, -0.05) is 24.3 Å². The minimum Gasteiger partial charge on any atom is -0.376 e. The van der Waals surface area contributed by atoms with Gasteiger partial charge in [0.2, 0.25) is 11.8 Å². The molecule has 0 aromatic heterocycles. The van der Waals surface area contributed by atoms with Crippen molar-refractivity contribution in [3.63, 3.8) is 0 Å². The Hall–Kier alpha value is -1.88. The number of carbonyl (C=O) groups excluding carboxylic acids is 2. The minimum atomic E-state index is 0.0646. The first kappa shape index (κ1) is 18.5. The van der Waals surface area contributed by atoms with E-state index >= 15 is 0 Å². The van der Waals surface area contributed by atoms with Crippen molar-refractivity contribution in [2.24, 2.45) is 5.41 Å². The molecule has 1 aromatic carbocycles. The molecule has 0 unspecified atom stereocenters. The first-order valence-corrected chi connectivity index (χ1v) is 10.3. The van der Waals surface area contributed by atoms with E-state index in [2.05, 4.69) is 13.0 Å². The van der Waals surface area contributed by atoms with E-state index < -0.39 is 0 Å².